The third kappa shape index (κ3) is 75.4. The first-order chi connectivity index (χ1) is 44.5. The van der Waals surface area contributed by atoms with Gasteiger partial charge in [0.15, 0.2) is 0 Å². The Morgan fingerprint density at radius 3 is 0.789 bits per heavy atom. The van der Waals surface area contributed by atoms with E-state index in [4.69, 9.17) is 4.74 Å². The molecule has 0 radical (unpaired) electrons. The van der Waals surface area contributed by atoms with E-state index in [1.165, 1.54) is 398 Å². The number of allylic oxidation sites excluding steroid dienone is 4. The van der Waals surface area contributed by atoms with Crippen molar-refractivity contribution in [1.29, 1.82) is 0 Å². The Bertz CT molecular complexity index is 1410. The normalized spacial score (nSPS) is 12.5. The molecular formula is C84H163NO5. The molecule has 1 amide bonds. The van der Waals surface area contributed by atoms with Gasteiger partial charge in [0, 0.05) is 12.8 Å². The Morgan fingerprint density at radius 2 is 0.522 bits per heavy atom. The highest BCUT2D eigenvalue weighted by molar-refractivity contribution is 5.76. The van der Waals surface area contributed by atoms with Crippen molar-refractivity contribution in [2.75, 3.05) is 13.2 Å². The van der Waals surface area contributed by atoms with Gasteiger partial charge in [0.2, 0.25) is 5.91 Å². The van der Waals surface area contributed by atoms with Crippen LogP contribution in [-0.4, -0.2) is 47.4 Å². The van der Waals surface area contributed by atoms with Gasteiger partial charge in [-0.05, 0) is 77.0 Å². The minimum atomic E-state index is -0.663. The maximum atomic E-state index is 12.6. The molecule has 0 aliphatic rings. The Balaban J connectivity index is 3.35. The Morgan fingerprint density at radius 1 is 0.300 bits per heavy atom. The molecule has 0 rings (SSSR count). The summed E-state index contributed by atoms with van der Waals surface area (Å²) in [5.74, 6) is -0.00943. The van der Waals surface area contributed by atoms with E-state index >= 15 is 0 Å². The van der Waals surface area contributed by atoms with Gasteiger partial charge < -0.3 is 20.3 Å². The molecule has 0 aliphatic heterocycles. The second-order valence-electron chi connectivity index (χ2n) is 28.8. The second-order valence-corrected chi connectivity index (χ2v) is 28.8. The maximum Gasteiger partial charge on any atom is 0.305 e. The quantitative estimate of drug-likeness (QED) is 0.0320. The molecule has 0 aromatic heterocycles. The zero-order valence-corrected chi connectivity index (χ0v) is 61.4. The smallest absolute Gasteiger partial charge is 0.305 e. The second kappa shape index (κ2) is 79.8. The van der Waals surface area contributed by atoms with E-state index in [1.807, 2.05) is 0 Å². The van der Waals surface area contributed by atoms with Crippen LogP contribution in [0.25, 0.3) is 0 Å². The van der Waals surface area contributed by atoms with Crippen molar-refractivity contribution in [1.82, 2.24) is 5.32 Å². The number of ether oxygens (including phenoxy) is 1. The molecule has 0 aromatic rings. The predicted octanol–water partition coefficient (Wildman–Crippen LogP) is 27.6. The number of hydrogen-bond donors (Lipinski definition) is 3. The SMILES string of the molecule is CCCCCCCC/C=C\CCCCCCCCCC(=O)OCCCCCCCCCCCCCC/C=C\CCCCCCCCCCCCCCCCCCCC(=O)NC(CO)C(O)CCCCCCCCCCCCCCCCCCCCCCCCC. The molecule has 6 nitrogen and oxygen atoms in total. The zero-order chi connectivity index (χ0) is 64.9. The van der Waals surface area contributed by atoms with Crippen LogP contribution in [0.1, 0.15) is 476 Å². The largest absolute Gasteiger partial charge is 0.466 e. The van der Waals surface area contributed by atoms with Crippen LogP contribution >= 0.6 is 0 Å². The molecule has 3 N–H and O–H groups in total. The highest BCUT2D eigenvalue weighted by atomic mass is 16.5. The van der Waals surface area contributed by atoms with Crippen LogP contribution in [-0.2, 0) is 14.3 Å². The Kier molecular flexibility index (Phi) is 78.3. The first-order valence-electron chi connectivity index (χ1n) is 41.6. The summed E-state index contributed by atoms with van der Waals surface area (Å²) in [4.78, 5) is 24.7. The number of rotatable bonds is 79. The lowest BCUT2D eigenvalue weighted by molar-refractivity contribution is -0.143. The number of aliphatic hydroxyl groups excluding tert-OH is 2. The van der Waals surface area contributed by atoms with Gasteiger partial charge in [-0.15, -0.1) is 0 Å². The minimum Gasteiger partial charge on any atom is -0.466 e. The zero-order valence-electron chi connectivity index (χ0n) is 61.4. The summed E-state index contributed by atoms with van der Waals surface area (Å²) in [6.07, 6.45) is 103. The van der Waals surface area contributed by atoms with Gasteiger partial charge in [0.25, 0.3) is 0 Å². The van der Waals surface area contributed by atoms with Crippen LogP contribution in [0.3, 0.4) is 0 Å². The molecular weight excluding hydrogens is 1100 g/mol. The first-order valence-corrected chi connectivity index (χ1v) is 41.6. The molecule has 0 saturated heterocycles. The van der Waals surface area contributed by atoms with Gasteiger partial charge in [0.1, 0.15) is 0 Å². The number of carbonyl (C=O) groups is 2. The third-order valence-electron chi connectivity index (χ3n) is 19.7. The van der Waals surface area contributed by atoms with Gasteiger partial charge in [-0.25, -0.2) is 0 Å². The number of amides is 1. The van der Waals surface area contributed by atoms with E-state index in [-0.39, 0.29) is 18.5 Å². The molecule has 0 fully saturated rings. The monoisotopic (exact) mass is 1270 g/mol. The van der Waals surface area contributed by atoms with E-state index in [9.17, 15) is 19.8 Å². The fourth-order valence-corrected chi connectivity index (χ4v) is 13.4. The predicted molar refractivity (Wildman–Crippen MR) is 398 cm³/mol. The van der Waals surface area contributed by atoms with E-state index in [1.54, 1.807) is 0 Å². The lowest BCUT2D eigenvalue weighted by atomic mass is 10.0. The molecule has 534 valence electrons. The van der Waals surface area contributed by atoms with Gasteiger partial charge in [0.05, 0.1) is 25.4 Å². The molecule has 0 saturated carbocycles. The van der Waals surface area contributed by atoms with Gasteiger partial charge >= 0.3 is 5.97 Å². The lowest BCUT2D eigenvalue weighted by Crippen LogP contribution is -2.45. The number of unbranched alkanes of at least 4 members (excludes halogenated alkanes) is 64. The minimum absolute atomic E-state index is 0.0165. The lowest BCUT2D eigenvalue weighted by Gasteiger charge is -2.22. The number of carbonyl (C=O) groups excluding carboxylic acids is 2. The van der Waals surface area contributed by atoms with Crippen LogP contribution in [0, 0.1) is 0 Å². The summed E-state index contributed by atoms with van der Waals surface area (Å²) in [6.45, 7) is 5.00. The Labute approximate surface area is 564 Å². The van der Waals surface area contributed by atoms with Crippen molar-refractivity contribution in [2.24, 2.45) is 0 Å². The van der Waals surface area contributed by atoms with Crippen LogP contribution in [0.4, 0.5) is 0 Å². The molecule has 0 spiro atoms. The van der Waals surface area contributed by atoms with E-state index in [0.29, 0.717) is 25.9 Å². The van der Waals surface area contributed by atoms with Crippen molar-refractivity contribution in [3.8, 4) is 0 Å². The van der Waals surface area contributed by atoms with E-state index in [0.717, 1.165) is 44.9 Å². The topological polar surface area (TPSA) is 95.9 Å². The van der Waals surface area contributed by atoms with Gasteiger partial charge in [-0.2, -0.15) is 0 Å². The van der Waals surface area contributed by atoms with Crippen LogP contribution in [0.15, 0.2) is 24.3 Å². The first kappa shape index (κ1) is 88.3. The van der Waals surface area contributed by atoms with Gasteiger partial charge in [-0.1, -0.05) is 411 Å². The van der Waals surface area contributed by atoms with E-state index < -0.39 is 12.1 Å². The van der Waals surface area contributed by atoms with Crippen LogP contribution in [0.5, 0.6) is 0 Å². The van der Waals surface area contributed by atoms with Crippen molar-refractivity contribution in [3.05, 3.63) is 24.3 Å². The highest BCUT2D eigenvalue weighted by Gasteiger charge is 2.20. The number of hydrogen-bond acceptors (Lipinski definition) is 5. The van der Waals surface area contributed by atoms with Crippen molar-refractivity contribution < 1.29 is 24.5 Å². The molecule has 2 unspecified atom stereocenters. The molecule has 6 heteroatoms. The van der Waals surface area contributed by atoms with Gasteiger partial charge in [-0.3, -0.25) is 9.59 Å². The maximum absolute atomic E-state index is 12.6. The molecule has 2 atom stereocenters. The molecule has 0 aromatic carbocycles. The molecule has 0 aliphatic carbocycles. The van der Waals surface area contributed by atoms with Crippen LogP contribution in [0.2, 0.25) is 0 Å². The van der Waals surface area contributed by atoms with Crippen LogP contribution < -0.4 is 5.32 Å². The Hall–Kier alpha value is -1.66. The summed E-state index contributed by atoms with van der Waals surface area (Å²) in [5.41, 5.74) is 0. The summed E-state index contributed by atoms with van der Waals surface area (Å²) in [5, 5.41) is 23.5. The summed E-state index contributed by atoms with van der Waals surface area (Å²) in [6, 6.07) is -0.540. The highest BCUT2D eigenvalue weighted by Crippen LogP contribution is 2.20. The standard InChI is InChI=1S/C84H163NO5/c1-3-5-7-9-11-13-15-17-19-21-22-23-35-38-41-45-48-52-56-60-64-68-72-76-82(87)81(80-86)85-83(88)77-73-69-65-61-57-53-49-46-42-39-36-33-31-29-27-25-24-26-28-30-32-34-37-40-43-47-51-55-59-63-67-71-75-79-90-84(89)78-74-70-66-62-58-54-50-44-20-18-16-14-12-10-8-6-4-2/h18,20,28,30,81-82,86-87H,3-17,19,21-27,29,31-80H2,1-2H3,(H,85,88)/b20-18-,30-28-. The van der Waals surface area contributed by atoms with Crippen molar-refractivity contribution in [3.63, 3.8) is 0 Å². The third-order valence-corrected chi connectivity index (χ3v) is 19.7. The average Bonchev–Trinajstić information content (AvgIpc) is 3.68. The number of nitrogens with one attached hydrogen (secondary N) is 1. The number of esters is 1. The van der Waals surface area contributed by atoms with Crippen molar-refractivity contribution >= 4 is 11.9 Å². The van der Waals surface area contributed by atoms with E-state index in [2.05, 4.69) is 43.5 Å². The summed E-state index contributed by atoms with van der Waals surface area (Å²) >= 11 is 0. The molecule has 0 bridgehead atoms. The fourth-order valence-electron chi connectivity index (χ4n) is 13.4. The fraction of sp³-hybridized carbons (Fsp3) is 0.929. The summed E-state index contributed by atoms with van der Waals surface area (Å²) in [7, 11) is 0. The molecule has 0 heterocycles. The summed E-state index contributed by atoms with van der Waals surface area (Å²) < 4.78 is 5.51. The number of aliphatic hydroxyl groups is 2. The molecule has 90 heavy (non-hydrogen) atoms. The average molecular weight is 1270 g/mol. The van der Waals surface area contributed by atoms with Crippen molar-refractivity contribution in [2.45, 2.75) is 488 Å².